The Morgan fingerprint density at radius 3 is 2.39 bits per heavy atom. The quantitative estimate of drug-likeness (QED) is 0.657. The fourth-order valence-corrected chi connectivity index (χ4v) is 1.92. The molecular formula is C16H17NO. The van der Waals surface area contributed by atoms with Gasteiger partial charge in [-0.1, -0.05) is 43.3 Å². The van der Waals surface area contributed by atoms with Crippen LogP contribution in [-0.2, 0) is 12.8 Å². The van der Waals surface area contributed by atoms with E-state index in [-0.39, 0.29) is 5.78 Å². The van der Waals surface area contributed by atoms with Crippen molar-refractivity contribution in [2.75, 3.05) is 5.73 Å². The van der Waals surface area contributed by atoms with Crippen molar-refractivity contribution in [1.29, 1.82) is 0 Å². The van der Waals surface area contributed by atoms with Gasteiger partial charge < -0.3 is 5.73 Å². The number of nitrogen functional groups attached to an aromatic ring is 1. The van der Waals surface area contributed by atoms with E-state index in [1.807, 2.05) is 48.5 Å². The number of hydrogen-bond donors (Lipinski definition) is 1. The Bertz CT molecular complexity index is 543. The van der Waals surface area contributed by atoms with Crippen LogP contribution in [0.4, 0.5) is 5.69 Å². The summed E-state index contributed by atoms with van der Waals surface area (Å²) in [5.41, 5.74) is 9.36. The molecule has 2 aromatic carbocycles. The molecule has 0 atom stereocenters. The van der Waals surface area contributed by atoms with E-state index in [0.717, 1.165) is 17.5 Å². The largest absolute Gasteiger partial charge is 0.399 e. The maximum Gasteiger partial charge on any atom is 0.167 e. The van der Waals surface area contributed by atoms with Gasteiger partial charge in [-0.25, -0.2) is 0 Å². The summed E-state index contributed by atoms with van der Waals surface area (Å²) in [6.07, 6.45) is 1.39. The highest BCUT2D eigenvalue weighted by Gasteiger charge is 2.07. The molecule has 2 heteroatoms. The van der Waals surface area contributed by atoms with Crippen LogP contribution in [0.15, 0.2) is 48.5 Å². The minimum Gasteiger partial charge on any atom is -0.399 e. The van der Waals surface area contributed by atoms with Crippen molar-refractivity contribution in [3.8, 4) is 0 Å². The SMILES string of the molecule is CCc1ccc(C(=O)Cc2cccc(N)c2)cc1. The Labute approximate surface area is 107 Å². The molecule has 2 nitrogen and oxygen atoms in total. The van der Waals surface area contributed by atoms with Crippen LogP contribution in [0.5, 0.6) is 0 Å². The number of rotatable bonds is 4. The summed E-state index contributed by atoms with van der Waals surface area (Å²) in [6, 6.07) is 15.3. The lowest BCUT2D eigenvalue weighted by Crippen LogP contribution is -2.04. The standard InChI is InChI=1S/C16H17NO/c1-2-12-6-8-14(9-7-12)16(18)11-13-4-3-5-15(17)10-13/h3-10H,2,11,17H2,1H3. The summed E-state index contributed by atoms with van der Waals surface area (Å²) in [6.45, 7) is 2.10. The molecule has 0 aliphatic carbocycles. The molecule has 2 aromatic rings. The van der Waals surface area contributed by atoms with Gasteiger partial charge in [-0.15, -0.1) is 0 Å². The van der Waals surface area contributed by atoms with Gasteiger partial charge in [0.15, 0.2) is 5.78 Å². The summed E-state index contributed by atoms with van der Waals surface area (Å²) in [5, 5.41) is 0. The number of ketones is 1. The molecule has 0 saturated carbocycles. The molecule has 0 saturated heterocycles. The van der Waals surface area contributed by atoms with Gasteiger partial charge >= 0.3 is 0 Å². The molecular weight excluding hydrogens is 222 g/mol. The molecule has 0 aromatic heterocycles. The van der Waals surface area contributed by atoms with Gasteiger partial charge in [0.1, 0.15) is 0 Å². The summed E-state index contributed by atoms with van der Waals surface area (Å²) in [7, 11) is 0. The van der Waals surface area contributed by atoms with Gasteiger partial charge in [-0.3, -0.25) is 4.79 Å². The first kappa shape index (κ1) is 12.4. The van der Waals surface area contributed by atoms with E-state index in [1.165, 1.54) is 5.56 Å². The second-order valence-electron chi connectivity index (χ2n) is 4.40. The van der Waals surface area contributed by atoms with Crippen molar-refractivity contribution < 1.29 is 4.79 Å². The molecule has 0 aliphatic rings. The second kappa shape index (κ2) is 5.50. The third-order valence-electron chi connectivity index (χ3n) is 3.00. The van der Waals surface area contributed by atoms with Gasteiger partial charge in [-0.05, 0) is 29.7 Å². The predicted octanol–water partition coefficient (Wildman–Crippen LogP) is 3.26. The topological polar surface area (TPSA) is 43.1 Å². The summed E-state index contributed by atoms with van der Waals surface area (Å²) in [5.74, 6) is 0.128. The predicted molar refractivity (Wildman–Crippen MR) is 74.7 cm³/mol. The molecule has 2 N–H and O–H groups in total. The Balaban J connectivity index is 2.11. The van der Waals surface area contributed by atoms with Gasteiger partial charge in [-0.2, -0.15) is 0 Å². The van der Waals surface area contributed by atoms with Crippen LogP contribution in [0.25, 0.3) is 0 Å². The molecule has 0 fully saturated rings. The van der Waals surface area contributed by atoms with E-state index in [1.54, 1.807) is 0 Å². The number of carbonyl (C=O) groups is 1. The first-order valence-electron chi connectivity index (χ1n) is 6.15. The first-order valence-corrected chi connectivity index (χ1v) is 6.15. The monoisotopic (exact) mass is 239 g/mol. The zero-order valence-corrected chi connectivity index (χ0v) is 10.5. The number of benzene rings is 2. The van der Waals surface area contributed by atoms with E-state index in [0.29, 0.717) is 12.1 Å². The maximum absolute atomic E-state index is 12.1. The zero-order chi connectivity index (χ0) is 13.0. The number of carbonyl (C=O) groups excluding carboxylic acids is 1. The molecule has 0 aliphatic heterocycles. The molecule has 0 bridgehead atoms. The third kappa shape index (κ3) is 2.98. The van der Waals surface area contributed by atoms with Crippen molar-refractivity contribution in [2.45, 2.75) is 19.8 Å². The number of nitrogens with two attached hydrogens (primary N) is 1. The van der Waals surface area contributed by atoms with E-state index in [4.69, 9.17) is 5.73 Å². The zero-order valence-electron chi connectivity index (χ0n) is 10.5. The normalized spacial score (nSPS) is 10.3. The van der Waals surface area contributed by atoms with Crippen LogP contribution < -0.4 is 5.73 Å². The summed E-state index contributed by atoms with van der Waals surface area (Å²) in [4.78, 5) is 12.1. The molecule has 0 spiro atoms. The minimum atomic E-state index is 0.128. The highest BCUT2D eigenvalue weighted by molar-refractivity contribution is 5.97. The van der Waals surface area contributed by atoms with E-state index in [2.05, 4.69) is 6.92 Å². The van der Waals surface area contributed by atoms with E-state index >= 15 is 0 Å². The van der Waals surface area contributed by atoms with Crippen LogP contribution in [0, 0.1) is 0 Å². The maximum atomic E-state index is 12.1. The second-order valence-corrected chi connectivity index (χ2v) is 4.40. The molecule has 2 rings (SSSR count). The summed E-state index contributed by atoms with van der Waals surface area (Å²) >= 11 is 0. The van der Waals surface area contributed by atoms with Gasteiger partial charge in [0.25, 0.3) is 0 Å². The minimum absolute atomic E-state index is 0.128. The van der Waals surface area contributed by atoms with Crippen LogP contribution in [-0.4, -0.2) is 5.78 Å². The number of aryl methyl sites for hydroxylation is 1. The van der Waals surface area contributed by atoms with Gasteiger partial charge in [0, 0.05) is 17.7 Å². The van der Waals surface area contributed by atoms with Crippen LogP contribution in [0.2, 0.25) is 0 Å². The Kier molecular flexibility index (Phi) is 3.78. The van der Waals surface area contributed by atoms with Gasteiger partial charge in [0.05, 0.1) is 0 Å². The third-order valence-corrected chi connectivity index (χ3v) is 3.00. The van der Waals surface area contributed by atoms with Crippen molar-refractivity contribution in [3.63, 3.8) is 0 Å². The summed E-state index contributed by atoms with van der Waals surface area (Å²) < 4.78 is 0. The Morgan fingerprint density at radius 2 is 1.78 bits per heavy atom. The first-order chi connectivity index (χ1) is 8.69. The Hall–Kier alpha value is -2.09. The lowest BCUT2D eigenvalue weighted by molar-refractivity contribution is 0.0993. The molecule has 0 amide bonds. The van der Waals surface area contributed by atoms with Crippen molar-refractivity contribution >= 4 is 11.5 Å². The molecule has 0 unspecified atom stereocenters. The lowest BCUT2D eigenvalue weighted by Gasteiger charge is -2.03. The molecule has 92 valence electrons. The van der Waals surface area contributed by atoms with Crippen LogP contribution in [0.3, 0.4) is 0 Å². The lowest BCUT2D eigenvalue weighted by atomic mass is 10.0. The number of Topliss-reactive ketones (excluding diaryl/α,β-unsaturated/α-hetero) is 1. The smallest absolute Gasteiger partial charge is 0.167 e. The number of hydrogen-bond acceptors (Lipinski definition) is 2. The van der Waals surface area contributed by atoms with Crippen LogP contribution in [0.1, 0.15) is 28.4 Å². The molecule has 18 heavy (non-hydrogen) atoms. The number of anilines is 1. The van der Waals surface area contributed by atoms with Crippen molar-refractivity contribution in [2.24, 2.45) is 0 Å². The van der Waals surface area contributed by atoms with Crippen molar-refractivity contribution in [3.05, 3.63) is 65.2 Å². The molecule has 0 radical (unpaired) electrons. The average Bonchev–Trinajstić information content (AvgIpc) is 2.39. The van der Waals surface area contributed by atoms with Crippen molar-refractivity contribution in [1.82, 2.24) is 0 Å². The fraction of sp³-hybridized carbons (Fsp3) is 0.188. The van der Waals surface area contributed by atoms with Gasteiger partial charge in [0.2, 0.25) is 0 Å². The van der Waals surface area contributed by atoms with Crippen LogP contribution >= 0.6 is 0 Å². The average molecular weight is 239 g/mol. The molecule has 0 heterocycles. The fourth-order valence-electron chi connectivity index (χ4n) is 1.92. The van der Waals surface area contributed by atoms with E-state index < -0.39 is 0 Å². The Morgan fingerprint density at radius 1 is 1.06 bits per heavy atom. The highest BCUT2D eigenvalue weighted by atomic mass is 16.1. The van der Waals surface area contributed by atoms with E-state index in [9.17, 15) is 4.79 Å². The highest BCUT2D eigenvalue weighted by Crippen LogP contribution is 2.12.